The van der Waals surface area contributed by atoms with Crippen molar-refractivity contribution in [2.45, 2.75) is 46.2 Å². The normalized spacial score (nSPS) is 12.5. The second-order valence-electron chi connectivity index (χ2n) is 7.47. The third kappa shape index (κ3) is 4.24. The number of hydrogen-bond donors (Lipinski definition) is 0. The van der Waals surface area contributed by atoms with Crippen LogP contribution in [0.1, 0.15) is 5.56 Å². The number of benzene rings is 1. The van der Waals surface area contributed by atoms with Crippen molar-refractivity contribution < 1.29 is 13.3 Å². The number of aryl methyl sites for hydroxylation is 1. The van der Waals surface area contributed by atoms with E-state index in [4.69, 9.17) is 13.3 Å². The molecule has 0 aliphatic rings. The Morgan fingerprint density at radius 2 is 1.50 bits per heavy atom. The lowest BCUT2D eigenvalue weighted by atomic mass is 10.1. The van der Waals surface area contributed by atoms with Crippen LogP contribution in [0, 0.1) is 6.92 Å². The molecule has 0 unspecified atom stereocenters. The minimum atomic E-state index is -1.80. The van der Waals surface area contributed by atoms with Crippen LogP contribution in [0.25, 0.3) is 11.0 Å². The van der Waals surface area contributed by atoms with Crippen LogP contribution in [0.4, 0.5) is 0 Å². The fourth-order valence-corrected chi connectivity index (χ4v) is 3.89. The summed E-state index contributed by atoms with van der Waals surface area (Å²) in [5.74, 6) is 1.44. The monoisotopic (exact) mass is 336 g/mol. The van der Waals surface area contributed by atoms with Crippen molar-refractivity contribution in [2.24, 2.45) is 0 Å². The van der Waals surface area contributed by atoms with Crippen LogP contribution in [0.5, 0.6) is 11.5 Å². The first-order valence-electron chi connectivity index (χ1n) is 7.41. The number of rotatable bonds is 4. The SMILES string of the molecule is Cc1cc(=O)oc2cc(O[Si](C)(C)C)cc(O[Si](C)(C)C)c12. The quantitative estimate of drug-likeness (QED) is 0.608. The predicted octanol–water partition coefficient (Wildman–Crippen LogP) is 4.53. The zero-order chi connectivity index (χ0) is 16.7. The summed E-state index contributed by atoms with van der Waals surface area (Å²) in [6.07, 6.45) is 0. The van der Waals surface area contributed by atoms with Crippen LogP contribution >= 0.6 is 0 Å². The van der Waals surface area contributed by atoms with Crippen LogP contribution in [0.15, 0.2) is 27.4 Å². The summed E-state index contributed by atoms with van der Waals surface area (Å²) in [5.41, 5.74) is 1.03. The highest BCUT2D eigenvalue weighted by molar-refractivity contribution is 6.71. The molecule has 0 radical (unpaired) electrons. The molecule has 0 aliphatic heterocycles. The van der Waals surface area contributed by atoms with Crippen LogP contribution in [0.3, 0.4) is 0 Å². The minimum Gasteiger partial charge on any atom is -0.544 e. The molecule has 0 saturated heterocycles. The molecule has 2 aromatic rings. The molecule has 0 bridgehead atoms. The Bertz CT molecular complexity index is 752. The largest absolute Gasteiger partial charge is 0.544 e. The van der Waals surface area contributed by atoms with E-state index in [2.05, 4.69) is 39.3 Å². The molecule has 0 aliphatic carbocycles. The van der Waals surface area contributed by atoms with E-state index in [1.54, 1.807) is 6.07 Å². The van der Waals surface area contributed by atoms with E-state index in [0.717, 1.165) is 16.7 Å². The van der Waals surface area contributed by atoms with Crippen molar-refractivity contribution >= 4 is 27.6 Å². The zero-order valence-electron chi connectivity index (χ0n) is 14.4. The predicted molar refractivity (Wildman–Crippen MR) is 95.2 cm³/mol. The summed E-state index contributed by atoms with van der Waals surface area (Å²) in [6, 6.07) is 5.21. The van der Waals surface area contributed by atoms with E-state index < -0.39 is 16.6 Å². The molecule has 6 heteroatoms. The zero-order valence-corrected chi connectivity index (χ0v) is 16.4. The van der Waals surface area contributed by atoms with Gasteiger partial charge in [0.25, 0.3) is 0 Å². The van der Waals surface area contributed by atoms with Gasteiger partial charge in [-0.2, -0.15) is 0 Å². The van der Waals surface area contributed by atoms with Gasteiger partial charge in [0, 0.05) is 18.2 Å². The topological polar surface area (TPSA) is 48.7 Å². The molecule has 0 fully saturated rings. The molecule has 4 nitrogen and oxygen atoms in total. The molecule has 1 aromatic carbocycles. The van der Waals surface area contributed by atoms with Crippen LogP contribution in [0.2, 0.25) is 39.3 Å². The van der Waals surface area contributed by atoms with Gasteiger partial charge in [-0.1, -0.05) is 0 Å². The maximum atomic E-state index is 11.7. The molecule has 2 rings (SSSR count). The molecule has 0 spiro atoms. The Labute approximate surface area is 133 Å². The van der Waals surface area contributed by atoms with Gasteiger partial charge in [-0.05, 0) is 51.8 Å². The van der Waals surface area contributed by atoms with Gasteiger partial charge in [-0.3, -0.25) is 0 Å². The second kappa shape index (κ2) is 5.59. The van der Waals surface area contributed by atoms with Crippen molar-refractivity contribution in [1.29, 1.82) is 0 Å². The molecule has 0 atom stereocenters. The Kier molecular flexibility index (Phi) is 4.27. The van der Waals surface area contributed by atoms with Crippen molar-refractivity contribution in [2.75, 3.05) is 0 Å². The van der Waals surface area contributed by atoms with Crippen molar-refractivity contribution in [1.82, 2.24) is 0 Å². The van der Waals surface area contributed by atoms with Gasteiger partial charge in [-0.25, -0.2) is 4.79 Å². The molecule has 120 valence electrons. The van der Waals surface area contributed by atoms with Gasteiger partial charge >= 0.3 is 5.63 Å². The lowest BCUT2D eigenvalue weighted by Crippen LogP contribution is -2.30. The molecule has 22 heavy (non-hydrogen) atoms. The van der Waals surface area contributed by atoms with Gasteiger partial charge in [0.1, 0.15) is 17.1 Å². The Morgan fingerprint density at radius 1 is 0.909 bits per heavy atom. The molecule has 1 aromatic heterocycles. The molecular weight excluding hydrogens is 312 g/mol. The summed E-state index contributed by atoms with van der Waals surface area (Å²) < 4.78 is 17.6. The average Bonchev–Trinajstić information content (AvgIpc) is 2.21. The Morgan fingerprint density at radius 3 is 2.05 bits per heavy atom. The highest BCUT2D eigenvalue weighted by atomic mass is 28.4. The maximum Gasteiger partial charge on any atom is 0.336 e. The third-order valence-electron chi connectivity index (χ3n) is 2.82. The third-order valence-corrected chi connectivity index (χ3v) is 4.50. The van der Waals surface area contributed by atoms with E-state index in [0.29, 0.717) is 11.3 Å². The molecule has 0 amide bonds. The number of hydrogen-bond acceptors (Lipinski definition) is 4. The fraction of sp³-hybridized carbons (Fsp3) is 0.438. The first-order valence-corrected chi connectivity index (χ1v) is 14.2. The van der Waals surface area contributed by atoms with Gasteiger partial charge in [0.05, 0.1) is 5.39 Å². The smallest absolute Gasteiger partial charge is 0.336 e. The summed E-state index contributed by atoms with van der Waals surface area (Å²) in [5, 5.41) is 0.852. The fourth-order valence-electron chi connectivity index (χ4n) is 2.24. The summed E-state index contributed by atoms with van der Waals surface area (Å²) in [4.78, 5) is 11.7. The Balaban J connectivity index is 2.69. The lowest BCUT2D eigenvalue weighted by molar-refractivity contribution is 0.524. The molecule has 0 saturated carbocycles. The highest BCUT2D eigenvalue weighted by Gasteiger charge is 2.22. The van der Waals surface area contributed by atoms with Crippen LogP contribution in [-0.4, -0.2) is 16.6 Å². The van der Waals surface area contributed by atoms with E-state index in [1.807, 2.05) is 13.0 Å². The summed E-state index contributed by atoms with van der Waals surface area (Å²) in [7, 11) is -3.56. The van der Waals surface area contributed by atoms with Gasteiger partial charge in [0.2, 0.25) is 16.6 Å². The Hall–Kier alpha value is -1.54. The van der Waals surface area contributed by atoms with Crippen molar-refractivity contribution in [3.05, 3.63) is 34.2 Å². The maximum absolute atomic E-state index is 11.7. The van der Waals surface area contributed by atoms with Gasteiger partial charge in [0.15, 0.2) is 0 Å². The molecular formula is C16H24O4Si2. The van der Waals surface area contributed by atoms with E-state index in [9.17, 15) is 4.79 Å². The average molecular weight is 337 g/mol. The number of fused-ring (bicyclic) bond motifs is 1. The first-order chi connectivity index (χ1) is 9.94. The first kappa shape index (κ1) is 16.8. The van der Waals surface area contributed by atoms with E-state index in [1.165, 1.54) is 6.07 Å². The van der Waals surface area contributed by atoms with Crippen molar-refractivity contribution in [3.63, 3.8) is 0 Å². The van der Waals surface area contributed by atoms with Gasteiger partial charge in [-0.15, -0.1) is 0 Å². The van der Waals surface area contributed by atoms with Gasteiger partial charge < -0.3 is 13.3 Å². The van der Waals surface area contributed by atoms with E-state index >= 15 is 0 Å². The van der Waals surface area contributed by atoms with Crippen LogP contribution in [-0.2, 0) is 0 Å². The van der Waals surface area contributed by atoms with Crippen LogP contribution < -0.4 is 14.5 Å². The lowest BCUT2D eigenvalue weighted by Gasteiger charge is -2.24. The standard InChI is InChI=1S/C16H24O4Si2/c1-11-8-15(17)18-13-9-12(19-21(2,3)4)10-14(16(11)13)20-22(5,6)7/h8-10H,1-7H3. The molecule has 1 heterocycles. The molecule has 0 N–H and O–H groups in total. The summed E-state index contributed by atoms with van der Waals surface area (Å²) in [6.45, 7) is 14.6. The second-order valence-corrected chi connectivity index (χ2v) is 16.3. The van der Waals surface area contributed by atoms with Crippen molar-refractivity contribution in [3.8, 4) is 11.5 Å². The van der Waals surface area contributed by atoms with E-state index in [-0.39, 0.29) is 5.63 Å². The highest BCUT2D eigenvalue weighted by Crippen LogP contribution is 2.35. The summed E-state index contributed by atoms with van der Waals surface area (Å²) >= 11 is 0. The minimum absolute atomic E-state index is 0.353.